The third kappa shape index (κ3) is 3.62. The van der Waals surface area contributed by atoms with Crippen LogP contribution in [0.4, 0.5) is 10.2 Å². The molecule has 1 aliphatic carbocycles. The van der Waals surface area contributed by atoms with Crippen molar-refractivity contribution in [2.75, 3.05) is 25.6 Å². The van der Waals surface area contributed by atoms with Crippen molar-refractivity contribution in [3.8, 4) is 11.3 Å². The fourth-order valence-electron chi connectivity index (χ4n) is 5.11. The minimum Gasteiger partial charge on any atom is -0.391 e. The van der Waals surface area contributed by atoms with E-state index in [4.69, 9.17) is 9.72 Å². The lowest BCUT2D eigenvalue weighted by Crippen LogP contribution is -2.39. The number of fused-ring (bicyclic) bond motifs is 2. The van der Waals surface area contributed by atoms with Crippen molar-refractivity contribution in [2.45, 2.75) is 43.6 Å². The van der Waals surface area contributed by atoms with Crippen LogP contribution in [0.25, 0.3) is 27.9 Å². The van der Waals surface area contributed by atoms with E-state index < -0.39 is 18.3 Å². The number of aliphatic hydroxyl groups is 1. The van der Waals surface area contributed by atoms with Gasteiger partial charge in [-0.2, -0.15) is 9.61 Å². The van der Waals surface area contributed by atoms with Crippen molar-refractivity contribution in [3.05, 3.63) is 42.4 Å². The highest BCUT2D eigenvalue weighted by Gasteiger charge is 2.32. The maximum atomic E-state index is 14.6. The summed E-state index contributed by atoms with van der Waals surface area (Å²) >= 11 is 0. The van der Waals surface area contributed by atoms with Gasteiger partial charge in [-0.1, -0.05) is 0 Å². The molecule has 2 fully saturated rings. The van der Waals surface area contributed by atoms with Gasteiger partial charge < -0.3 is 25.0 Å². The molecule has 10 nitrogen and oxygen atoms in total. The number of ether oxygens (including phenoxy) is 1. The molecule has 0 bridgehead atoms. The van der Waals surface area contributed by atoms with Gasteiger partial charge in [0.15, 0.2) is 5.65 Å². The van der Waals surface area contributed by atoms with E-state index >= 15 is 0 Å². The summed E-state index contributed by atoms with van der Waals surface area (Å²) in [7, 11) is 1.77. The predicted molar refractivity (Wildman–Crippen MR) is 127 cm³/mol. The van der Waals surface area contributed by atoms with Crippen LogP contribution >= 0.6 is 0 Å². The molecule has 2 aliphatic rings. The summed E-state index contributed by atoms with van der Waals surface area (Å²) in [4.78, 5) is 22.4. The third-order valence-corrected chi connectivity index (χ3v) is 6.97. The Hall–Kier alpha value is -3.57. The standard InChI is InChI=1S/C24H26FN7O3/c1-26-21-8-18(15-10-31(19-12-35-11-16(19)25)22-13(15)4-3-7-27-22)29-23-14(9-28-32(21)23)24(34)30-17-5-2-6-20(17)33/h3-4,7-10,16-17,19-20,26,33H,2,5-6,11-12H2,1H3,(H,30,34)/t16-,17-,19+,20+/m1/s1. The van der Waals surface area contributed by atoms with Crippen molar-refractivity contribution < 1.29 is 19.0 Å². The largest absolute Gasteiger partial charge is 0.391 e. The average molecular weight is 480 g/mol. The van der Waals surface area contributed by atoms with E-state index in [-0.39, 0.29) is 25.2 Å². The van der Waals surface area contributed by atoms with Crippen LogP contribution < -0.4 is 10.6 Å². The van der Waals surface area contributed by atoms with Crippen LogP contribution in [-0.4, -0.2) is 73.7 Å². The molecule has 0 radical (unpaired) electrons. The first-order valence-corrected chi connectivity index (χ1v) is 11.8. The zero-order chi connectivity index (χ0) is 24.1. The van der Waals surface area contributed by atoms with Gasteiger partial charge in [-0.15, -0.1) is 0 Å². The Balaban J connectivity index is 1.47. The van der Waals surface area contributed by atoms with Crippen LogP contribution in [0.1, 0.15) is 35.7 Å². The van der Waals surface area contributed by atoms with Gasteiger partial charge in [0.2, 0.25) is 0 Å². The summed E-state index contributed by atoms with van der Waals surface area (Å²) in [6.45, 7) is 0.333. The van der Waals surface area contributed by atoms with Gasteiger partial charge in [0, 0.05) is 36.5 Å². The molecule has 4 aromatic rings. The number of nitrogens with zero attached hydrogens (tertiary/aromatic N) is 5. The molecule has 0 spiro atoms. The fourth-order valence-corrected chi connectivity index (χ4v) is 5.11. The first kappa shape index (κ1) is 21.9. The van der Waals surface area contributed by atoms with E-state index in [1.807, 2.05) is 29.0 Å². The topological polar surface area (TPSA) is 119 Å². The first-order valence-electron chi connectivity index (χ1n) is 11.8. The highest BCUT2D eigenvalue weighted by atomic mass is 19.1. The SMILES string of the molecule is CNc1cc(-c2cn([C@H]3COC[C@H]3F)c3ncccc23)nc2c(C(=O)N[C@@H]3CCC[C@@H]3O)cnn12. The van der Waals surface area contributed by atoms with Crippen LogP contribution in [-0.2, 0) is 4.74 Å². The summed E-state index contributed by atoms with van der Waals surface area (Å²) in [5, 5.41) is 21.4. The molecule has 6 rings (SSSR count). The van der Waals surface area contributed by atoms with Gasteiger partial charge in [0.1, 0.15) is 23.2 Å². The van der Waals surface area contributed by atoms with Gasteiger partial charge in [0.05, 0.1) is 43.3 Å². The zero-order valence-corrected chi connectivity index (χ0v) is 19.2. The highest BCUT2D eigenvalue weighted by Crippen LogP contribution is 2.35. The van der Waals surface area contributed by atoms with Crippen molar-refractivity contribution in [3.63, 3.8) is 0 Å². The average Bonchev–Trinajstić information content (AvgIpc) is 3.65. The molecule has 4 atom stereocenters. The maximum absolute atomic E-state index is 14.6. The third-order valence-electron chi connectivity index (χ3n) is 6.97. The molecule has 0 unspecified atom stereocenters. The van der Waals surface area contributed by atoms with E-state index in [2.05, 4.69) is 20.7 Å². The monoisotopic (exact) mass is 479 g/mol. The maximum Gasteiger partial charge on any atom is 0.257 e. The summed E-state index contributed by atoms with van der Waals surface area (Å²) in [5.74, 6) is 0.312. The number of carbonyl (C=O) groups excluding carboxylic acids is 1. The molecule has 1 saturated carbocycles. The lowest BCUT2D eigenvalue weighted by Gasteiger charge is -2.16. The van der Waals surface area contributed by atoms with Crippen LogP contribution in [0.2, 0.25) is 0 Å². The van der Waals surface area contributed by atoms with E-state index in [1.165, 1.54) is 6.20 Å². The number of alkyl halides is 1. The summed E-state index contributed by atoms with van der Waals surface area (Å²) < 4.78 is 23.3. The molecule has 182 valence electrons. The predicted octanol–water partition coefficient (Wildman–Crippen LogP) is 2.34. The number of amides is 1. The molecule has 1 amide bonds. The number of aliphatic hydroxyl groups excluding tert-OH is 1. The first-order chi connectivity index (χ1) is 17.0. The van der Waals surface area contributed by atoms with E-state index in [9.17, 15) is 14.3 Å². The number of carbonyl (C=O) groups is 1. The zero-order valence-electron chi connectivity index (χ0n) is 19.2. The summed E-state index contributed by atoms with van der Waals surface area (Å²) in [6, 6.07) is 4.84. The van der Waals surface area contributed by atoms with Crippen molar-refractivity contribution >= 4 is 28.4 Å². The Bertz CT molecular complexity index is 1420. The van der Waals surface area contributed by atoms with Gasteiger partial charge in [0.25, 0.3) is 5.91 Å². The molecule has 1 aliphatic heterocycles. The molecular formula is C24H26FN7O3. The second kappa shape index (κ2) is 8.58. The molecule has 5 heterocycles. The minimum atomic E-state index is -1.13. The number of anilines is 1. The molecule has 0 aromatic carbocycles. The summed E-state index contributed by atoms with van der Waals surface area (Å²) in [6.07, 6.45) is 5.63. The quantitative estimate of drug-likeness (QED) is 0.402. The Morgan fingerprint density at radius 1 is 1.29 bits per heavy atom. The Kier molecular flexibility index (Phi) is 5.37. The fraction of sp³-hybridized carbons (Fsp3) is 0.417. The Labute approximate surface area is 200 Å². The number of halogens is 1. The van der Waals surface area contributed by atoms with E-state index in [0.29, 0.717) is 34.8 Å². The van der Waals surface area contributed by atoms with Gasteiger partial charge in [-0.25, -0.2) is 14.4 Å². The normalized spacial score (nSPS) is 24.4. The molecule has 4 aromatic heterocycles. The number of nitrogens with one attached hydrogen (secondary N) is 2. The minimum absolute atomic E-state index is 0.0601. The smallest absolute Gasteiger partial charge is 0.257 e. The van der Waals surface area contributed by atoms with Crippen molar-refractivity contribution in [1.82, 2.24) is 29.5 Å². The lowest BCUT2D eigenvalue weighted by atomic mass is 10.1. The van der Waals surface area contributed by atoms with Crippen LogP contribution in [0, 0.1) is 0 Å². The van der Waals surface area contributed by atoms with Gasteiger partial charge >= 0.3 is 0 Å². The van der Waals surface area contributed by atoms with Gasteiger partial charge in [-0.3, -0.25) is 4.79 Å². The summed E-state index contributed by atoms with van der Waals surface area (Å²) in [5.41, 5.74) is 2.72. The second-order valence-electron chi connectivity index (χ2n) is 9.09. The van der Waals surface area contributed by atoms with Gasteiger partial charge in [-0.05, 0) is 31.4 Å². The molecule has 35 heavy (non-hydrogen) atoms. The molecule has 1 saturated heterocycles. The lowest BCUT2D eigenvalue weighted by molar-refractivity contribution is 0.0874. The number of pyridine rings is 1. The number of rotatable bonds is 5. The van der Waals surface area contributed by atoms with Crippen molar-refractivity contribution in [1.29, 1.82) is 0 Å². The number of hydrogen-bond donors (Lipinski definition) is 3. The Morgan fingerprint density at radius 3 is 2.91 bits per heavy atom. The molecular weight excluding hydrogens is 453 g/mol. The van der Waals surface area contributed by atoms with Crippen LogP contribution in [0.3, 0.4) is 0 Å². The number of aromatic nitrogens is 5. The molecule has 11 heteroatoms. The van der Waals surface area contributed by atoms with Crippen LogP contribution in [0.15, 0.2) is 36.8 Å². The van der Waals surface area contributed by atoms with Crippen molar-refractivity contribution in [2.24, 2.45) is 0 Å². The number of hydrogen-bond acceptors (Lipinski definition) is 7. The van der Waals surface area contributed by atoms with E-state index in [1.54, 1.807) is 17.8 Å². The van der Waals surface area contributed by atoms with E-state index in [0.717, 1.165) is 23.8 Å². The molecule has 3 N–H and O–H groups in total. The van der Waals surface area contributed by atoms with Crippen LogP contribution in [0.5, 0.6) is 0 Å². The Morgan fingerprint density at radius 2 is 2.17 bits per heavy atom. The highest BCUT2D eigenvalue weighted by molar-refractivity contribution is 6.01. The second-order valence-corrected chi connectivity index (χ2v) is 9.09.